The molecule has 0 aliphatic rings. The minimum absolute atomic E-state index is 0.690. The molecule has 0 radical (unpaired) electrons. The molecule has 0 fully saturated rings. The standard InChI is InChI=1S/C27H32N6S/c1-20(12-11-17-32(3)4)29-22-13-10-14-23(18-22)30-26-25(19-28-27(31-26)34-6)21(2)33(5)24-15-8-7-9-16-24/h7-16,18-19,29H,1-2,17H2,3-6H3,(H,28,30,31)/b12-11+. The van der Waals surface area contributed by atoms with Crippen LogP contribution in [0.2, 0.25) is 0 Å². The molecule has 1 heterocycles. The number of allylic oxidation sites excluding steroid dienone is 1. The third kappa shape index (κ3) is 6.97. The third-order valence-corrected chi connectivity index (χ3v) is 5.59. The zero-order valence-corrected chi connectivity index (χ0v) is 21.1. The van der Waals surface area contributed by atoms with Crippen LogP contribution in [0.4, 0.5) is 22.9 Å². The predicted molar refractivity (Wildman–Crippen MR) is 148 cm³/mol. The van der Waals surface area contributed by atoms with Crippen molar-refractivity contribution in [1.82, 2.24) is 14.9 Å². The number of anilines is 4. The zero-order chi connectivity index (χ0) is 24.5. The SMILES string of the molecule is C=C(/C=C/CN(C)C)Nc1cccc(Nc2nc(SC)ncc2C(=C)N(C)c2ccccc2)c1. The molecule has 0 atom stereocenters. The summed E-state index contributed by atoms with van der Waals surface area (Å²) >= 11 is 1.50. The topological polar surface area (TPSA) is 56.3 Å². The van der Waals surface area contributed by atoms with Crippen LogP contribution in [0, 0.1) is 0 Å². The minimum Gasteiger partial charge on any atom is -0.356 e. The van der Waals surface area contributed by atoms with Crippen molar-refractivity contribution in [3.8, 4) is 0 Å². The summed E-state index contributed by atoms with van der Waals surface area (Å²) in [5, 5.41) is 7.49. The highest BCUT2D eigenvalue weighted by Crippen LogP contribution is 2.30. The van der Waals surface area contributed by atoms with Crippen molar-refractivity contribution in [2.45, 2.75) is 5.16 Å². The molecule has 176 valence electrons. The smallest absolute Gasteiger partial charge is 0.189 e. The number of para-hydroxylation sites is 1. The van der Waals surface area contributed by atoms with Gasteiger partial charge in [0, 0.05) is 48.2 Å². The van der Waals surface area contributed by atoms with Gasteiger partial charge in [-0.3, -0.25) is 0 Å². The molecular weight excluding hydrogens is 440 g/mol. The molecule has 6 nitrogen and oxygen atoms in total. The summed E-state index contributed by atoms with van der Waals surface area (Å²) < 4.78 is 0. The molecule has 34 heavy (non-hydrogen) atoms. The number of aromatic nitrogens is 2. The third-order valence-electron chi connectivity index (χ3n) is 5.03. The maximum Gasteiger partial charge on any atom is 0.189 e. The van der Waals surface area contributed by atoms with Gasteiger partial charge in [0.15, 0.2) is 5.16 Å². The fraction of sp³-hybridized carbons (Fsp3) is 0.185. The Morgan fingerprint density at radius 2 is 1.76 bits per heavy atom. The first-order valence-electron chi connectivity index (χ1n) is 10.9. The summed E-state index contributed by atoms with van der Waals surface area (Å²) in [7, 11) is 6.06. The molecule has 2 aromatic carbocycles. The molecular formula is C27H32N6S. The van der Waals surface area contributed by atoms with Gasteiger partial charge in [0.2, 0.25) is 0 Å². The Kier molecular flexibility index (Phi) is 8.90. The lowest BCUT2D eigenvalue weighted by molar-refractivity contribution is 0.456. The average Bonchev–Trinajstić information content (AvgIpc) is 2.83. The molecule has 3 rings (SSSR count). The van der Waals surface area contributed by atoms with Gasteiger partial charge in [-0.15, -0.1) is 0 Å². The van der Waals surface area contributed by atoms with Crippen molar-refractivity contribution in [3.05, 3.63) is 97.4 Å². The number of nitrogens with zero attached hydrogens (tertiary/aromatic N) is 4. The summed E-state index contributed by atoms with van der Waals surface area (Å²) in [6, 6.07) is 18.1. The van der Waals surface area contributed by atoms with Crippen LogP contribution in [0.25, 0.3) is 5.70 Å². The first-order valence-corrected chi connectivity index (χ1v) is 12.1. The van der Waals surface area contributed by atoms with E-state index in [0.29, 0.717) is 11.0 Å². The Morgan fingerprint density at radius 1 is 1.03 bits per heavy atom. The normalized spacial score (nSPS) is 11.0. The van der Waals surface area contributed by atoms with Crippen LogP contribution in [0.15, 0.2) is 97.0 Å². The fourth-order valence-corrected chi connectivity index (χ4v) is 3.54. The van der Waals surface area contributed by atoms with Gasteiger partial charge >= 0.3 is 0 Å². The predicted octanol–water partition coefficient (Wildman–Crippen LogP) is 6.09. The lowest BCUT2D eigenvalue weighted by Gasteiger charge is -2.23. The van der Waals surface area contributed by atoms with Crippen LogP contribution in [-0.2, 0) is 0 Å². The number of rotatable bonds is 11. The highest BCUT2D eigenvalue weighted by Gasteiger charge is 2.15. The van der Waals surface area contributed by atoms with Crippen LogP contribution < -0.4 is 15.5 Å². The monoisotopic (exact) mass is 472 g/mol. The van der Waals surface area contributed by atoms with E-state index in [-0.39, 0.29) is 0 Å². The molecule has 0 bridgehead atoms. The van der Waals surface area contributed by atoms with Crippen molar-refractivity contribution in [2.24, 2.45) is 0 Å². The molecule has 0 aliphatic heterocycles. The van der Waals surface area contributed by atoms with E-state index in [2.05, 4.69) is 39.8 Å². The van der Waals surface area contributed by atoms with E-state index in [9.17, 15) is 0 Å². The van der Waals surface area contributed by atoms with Gasteiger partial charge in [-0.25, -0.2) is 9.97 Å². The van der Waals surface area contributed by atoms with E-state index < -0.39 is 0 Å². The van der Waals surface area contributed by atoms with E-state index in [1.807, 2.05) is 99.2 Å². The molecule has 0 unspecified atom stereocenters. The van der Waals surface area contributed by atoms with Gasteiger partial charge in [-0.2, -0.15) is 0 Å². The number of likely N-dealkylation sites (N-methyl/N-ethyl adjacent to an activating group) is 1. The first-order chi connectivity index (χ1) is 16.4. The van der Waals surface area contributed by atoms with Gasteiger partial charge in [0.05, 0.1) is 5.56 Å². The lowest BCUT2D eigenvalue weighted by Crippen LogP contribution is -2.16. The second-order valence-corrected chi connectivity index (χ2v) is 8.75. The second kappa shape index (κ2) is 12.1. The van der Waals surface area contributed by atoms with Crippen LogP contribution in [0.5, 0.6) is 0 Å². The molecule has 3 aromatic rings. The van der Waals surface area contributed by atoms with E-state index in [4.69, 9.17) is 4.98 Å². The van der Waals surface area contributed by atoms with E-state index in [1.54, 1.807) is 0 Å². The van der Waals surface area contributed by atoms with Crippen molar-refractivity contribution in [1.29, 1.82) is 0 Å². The Bertz CT molecular complexity index is 1160. The van der Waals surface area contributed by atoms with E-state index >= 15 is 0 Å². The fourth-order valence-electron chi connectivity index (χ4n) is 3.20. The van der Waals surface area contributed by atoms with Crippen molar-refractivity contribution in [2.75, 3.05) is 49.5 Å². The molecule has 0 saturated heterocycles. The number of benzene rings is 2. The largest absolute Gasteiger partial charge is 0.356 e. The quantitative estimate of drug-likeness (QED) is 0.199. The molecule has 0 saturated carbocycles. The zero-order valence-electron chi connectivity index (χ0n) is 20.2. The Hall–Kier alpha value is -3.55. The van der Waals surface area contributed by atoms with Gasteiger partial charge < -0.3 is 20.4 Å². The summed E-state index contributed by atoms with van der Waals surface area (Å²) in [4.78, 5) is 13.3. The van der Waals surface area contributed by atoms with Crippen LogP contribution in [-0.4, -0.2) is 48.8 Å². The average molecular weight is 473 g/mol. The van der Waals surface area contributed by atoms with Crippen LogP contribution in [0.3, 0.4) is 0 Å². The number of nitrogens with one attached hydrogen (secondary N) is 2. The van der Waals surface area contributed by atoms with Crippen molar-refractivity contribution >= 4 is 40.3 Å². The molecule has 0 amide bonds. The number of hydrogen-bond donors (Lipinski definition) is 2. The summed E-state index contributed by atoms with van der Waals surface area (Å²) in [5.41, 5.74) is 5.33. The maximum absolute atomic E-state index is 4.73. The summed E-state index contributed by atoms with van der Waals surface area (Å²) in [5.74, 6) is 0.703. The first kappa shape index (κ1) is 25.1. The molecule has 0 spiro atoms. The Balaban J connectivity index is 1.82. The maximum atomic E-state index is 4.73. The van der Waals surface area contributed by atoms with Crippen molar-refractivity contribution < 1.29 is 0 Å². The van der Waals surface area contributed by atoms with Crippen LogP contribution >= 0.6 is 11.8 Å². The molecule has 7 heteroatoms. The number of hydrogen-bond acceptors (Lipinski definition) is 7. The van der Waals surface area contributed by atoms with Gasteiger partial charge in [-0.1, -0.05) is 55.3 Å². The summed E-state index contributed by atoms with van der Waals surface area (Å²) in [6.45, 7) is 9.27. The lowest BCUT2D eigenvalue weighted by atomic mass is 10.2. The van der Waals surface area contributed by atoms with Crippen LogP contribution in [0.1, 0.15) is 5.56 Å². The summed E-state index contributed by atoms with van der Waals surface area (Å²) in [6.07, 6.45) is 7.84. The second-order valence-electron chi connectivity index (χ2n) is 7.98. The van der Waals surface area contributed by atoms with E-state index in [0.717, 1.165) is 40.6 Å². The molecule has 1 aromatic heterocycles. The van der Waals surface area contributed by atoms with Crippen molar-refractivity contribution in [3.63, 3.8) is 0 Å². The molecule has 2 N–H and O–H groups in total. The molecule has 0 aliphatic carbocycles. The van der Waals surface area contributed by atoms with Gasteiger partial charge in [0.25, 0.3) is 0 Å². The highest BCUT2D eigenvalue weighted by molar-refractivity contribution is 7.98. The Labute approximate surface area is 207 Å². The highest BCUT2D eigenvalue weighted by atomic mass is 32.2. The van der Waals surface area contributed by atoms with E-state index in [1.165, 1.54) is 11.8 Å². The number of thioether (sulfide) groups is 1. The van der Waals surface area contributed by atoms with Gasteiger partial charge in [-0.05, 0) is 56.8 Å². The Morgan fingerprint density at radius 3 is 2.47 bits per heavy atom. The minimum atomic E-state index is 0.690. The van der Waals surface area contributed by atoms with Gasteiger partial charge in [0.1, 0.15) is 5.82 Å².